The Labute approximate surface area is 153 Å². The minimum absolute atomic E-state index is 0.0506. The summed E-state index contributed by atoms with van der Waals surface area (Å²) in [5.74, 6) is 0.0506. The second-order valence-electron chi connectivity index (χ2n) is 6.09. The summed E-state index contributed by atoms with van der Waals surface area (Å²) >= 11 is 0. The van der Waals surface area contributed by atoms with Crippen LogP contribution in [-0.2, 0) is 12.0 Å². The van der Waals surface area contributed by atoms with Gasteiger partial charge in [0.05, 0.1) is 0 Å². The molecule has 0 heterocycles. The lowest BCUT2D eigenvalue weighted by molar-refractivity contribution is 0.0240. The van der Waals surface area contributed by atoms with E-state index in [4.69, 9.17) is 14.8 Å². The average Bonchev–Trinajstić information content (AvgIpc) is 2.95. The van der Waals surface area contributed by atoms with E-state index in [1.165, 1.54) is 5.56 Å². The zero-order valence-corrected chi connectivity index (χ0v) is 13.4. The predicted molar refractivity (Wildman–Crippen MR) is 106 cm³/mol. The van der Waals surface area contributed by atoms with Gasteiger partial charge in [0.2, 0.25) is 0 Å². The Morgan fingerprint density at radius 2 is 1.17 bits per heavy atom. The van der Waals surface area contributed by atoms with Crippen LogP contribution in [0.3, 0.4) is 0 Å². The fraction of sp³-hybridized carbons (Fsp3) is 0.182. The van der Waals surface area contributed by atoms with Gasteiger partial charge in [-0.05, 0) is 29.0 Å². The quantitative estimate of drug-likeness (QED) is 0.608. The summed E-state index contributed by atoms with van der Waals surface area (Å²) in [6, 6.07) is 30.3. The van der Waals surface area contributed by atoms with Crippen molar-refractivity contribution < 1.29 is 20.0 Å². The lowest BCUT2D eigenvalue weighted by atomic mass is 9.74. The Bertz CT molecular complexity index is 709. The van der Waals surface area contributed by atoms with Crippen LogP contribution in [0.4, 0.5) is 0 Å². The van der Waals surface area contributed by atoms with E-state index in [1.807, 2.05) is 78.9 Å². The first-order valence-electron chi connectivity index (χ1n) is 13.1. The first kappa shape index (κ1) is 10.4. The van der Waals surface area contributed by atoms with Crippen molar-refractivity contribution in [3.8, 4) is 0 Å². The fourth-order valence-electron chi connectivity index (χ4n) is 3.24. The maximum Gasteiger partial charge on any atom is 0.117 e. The van der Waals surface area contributed by atoms with Crippen molar-refractivity contribution in [3.63, 3.8) is 0 Å². The third kappa shape index (κ3) is 3.20. The van der Waals surface area contributed by atoms with Crippen LogP contribution in [0.5, 0.6) is 0 Å². The van der Waals surface area contributed by atoms with Crippen molar-refractivity contribution >= 4 is 0 Å². The molecule has 3 aromatic carbocycles. The van der Waals surface area contributed by atoms with Gasteiger partial charge in [0.1, 0.15) is 5.60 Å². The van der Waals surface area contributed by atoms with Crippen molar-refractivity contribution in [1.29, 1.82) is 0 Å². The molecule has 0 aliphatic rings. The molecule has 126 valence electrons. The van der Waals surface area contributed by atoms with Gasteiger partial charge in [-0.1, -0.05) is 97.9 Å². The largest absolute Gasteiger partial charge is 0.380 e. The van der Waals surface area contributed by atoms with Crippen molar-refractivity contribution in [2.75, 3.05) is 0 Å². The van der Waals surface area contributed by atoms with Gasteiger partial charge in [-0.3, -0.25) is 0 Å². The normalized spacial score (nSPS) is 14.5. The van der Waals surface area contributed by atoms with E-state index in [9.17, 15) is 5.11 Å². The molecule has 0 aliphatic carbocycles. The molecule has 0 spiro atoms. The maximum absolute atomic E-state index is 11.7. The van der Waals surface area contributed by atoms with Gasteiger partial charge in [0, 0.05) is 14.8 Å². The highest BCUT2D eigenvalue weighted by Gasteiger charge is 2.37. The number of hydrogen-bond acceptors (Lipinski definition) is 1. The molecule has 0 saturated heterocycles. The number of rotatable bonds is 5. The van der Waals surface area contributed by atoms with Crippen molar-refractivity contribution in [1.82, 2.24) is 0 Å². The average molecular weight is 323 g/mol. The fourth-order valence-corrected chi connectivity index (χ4v) is 3.24. The maximum atomic E-state index is 11.7. The molecule has 3 aromatic rings. The predicted octanol–water partition coefficient (Wildman–Crippen LogP) is 6.03. The first-order chi connectivity index (χ1) is 16.2. The molecule has 1 N–H and O–H groups in total. The van der Waals surface area contributed by atoms with Gasteiger partial charge in [-0.2, -0.15) is 0 Å². The van der Waals surface area contributed by atoms with E-state index in [2.05, 4.69) is 19.1 Å². The Hall–Kier alpha value is -2.38. The molecule has 0 aliphatic heterocycles. The van der Waals surface area contributed by atoms with E-state index >= 15 is 0 Å². The van der Waals surface area contributed by atoms with Gasteiger partial charge in [-0.25, -0.2) is 0 Å². The van der Waals surface area contributed by atoms with Gasteiger partial charge in [-0.15, -0.1) is 0 Å². The van der Waals surface area contributed by atoms with Crippen LogP contribution in [0.15, 0.2) is 91.0 Å². The summed E-state index contributed by atoms with van der Waals surface area (Å²) in [5, 5.41) is 11.7. The smallest absolute Gasteiger partial charge is 0.117 e. The molecule has 0 aromatic heterocycles. The molecule has 1 atom stereocenters. The van der Waals surface area contributed by atoms with Crippen LogP contribution in [0.25, 0.3) is 0 Å². The molecule has 0 bridgehead atoms. The summed E-state index contributed by atoms with van der Waals surface area (Å²) in [5.41, 5.74) is 2.12. The second-order valence-corrected chi connectivity index (χ2v) is 6.09. The highest BCUT2D eigenvalue weighted by Crippen LogP contribution is 2.38. The third-order valence-corrected chi connectivity index (χ3v) is 4.53. The van der Waals surface area contributed by atoms with E-state index in [0.717, 1.165) is 17.5 Å². The molecule has 1 heteroatoms. The number of benzene rings is 3. The summed E-state index contributed by atoms with van der Waals surface area (Å²) in [4.78, 5) is 0. The topological polar surface area (TPSA) is 20.2 Å². The highest BCUT2D eigenvalue weighted by molar-refractivity contribution is 5.37. The van der Waals surface area contributed by atoms with Crippen LogP contribution >= 0.6 is 0 Å². The molecule has 23 heavy (non-hydrogen) atoms. The van der Waals surface area contributed by atoms with E-state index < -0.39 is 5.60 Å². The third-order valence-electron chi connectivity index (χ3n) is 4.53. The Morgan fingerprint density at radius 1 is 0.783 bits per heavy atom. The zero-order valence-electron chi connectivity index (χ0n) is 23.4. The van der Waals surface area contributed by atoms with Crippen LogP contribution in [0.2, 0.25) is 0 Å². The summed E-state index contributed by atoms with van der Waals surface area (Å²) in [6.45, 7) is 2.12. The minimum Gasteiger partial charge on any atom is -0.380 e. The molecule has 0 radical (unpaired) electrons. The van der Waals surface area contributed by atoms with Gasteiger partial charge >= 0.3 is 0 Å². The Kier molecular flexibility index (Phi) is 3.08. The molecule has 1 unspecified atom stereocenters. The van der Waals surface area contributed by atoms with Gasteiger partial charge in [0.25, 0.3) is 0 Å². The molecule has 0 saturated carbocycles. The minimum atomic E-state index is -1.00. The number of aliphatic hydroxyl groups is 1. The van der Waals surface area contributed by atoms with Crippen molar-refractivity contribution in [2.45, 2.75) is 18.9 Å². The van der Waals surface area contributed by atoms with E-state index in [1.54, 1.807) is 0 Å². The van der Waals surface area contributed by atoms with Crippen molar-refractivity contribution in [2.24, 2.45) is 5.92 Å². The Morgan fingerprint density at radius 3 is 1.61 bits per heavy atom. The second kappa shape index (κ2) is 6.80. The molecule has 3 rings (SSSR count). The van der Waals surface area contributed by atoms with Crippen molar-refractivity contribution in [3.05, 3.63) is 108 Å². The summed E-state index contributed by atoms with van der Waals surface area (Å²) in [6.07, 6.45) is 0.821. The molecular weight excluding hydrogens is 280 g/mol. The van der Waals surface area contributed by atoms with Crippen LogP contribution in [-0.4, -0.2) is 5.11 Å². The molecule has 0 fully saturated rings. The van der Waals surface area contributed by atoms with E-state index in [-0.39, 0.29) is 5.92 Å². The van der Waals surface area contributed by atoms with E-state index in [0.29, 0.717) is 0 Å². The van der Waals surface area contributed by atoms with Crippen LogP contribution in [0.1, 0.15) is 38.5 Å². The zero-order chi connectivity index (χ0) is 26.1. The van der Waals surface area contributed by atoms with Crippen LogP contribution in [0, 0.1) is 5.92 Å². The first-order valence-corrected chi connectivity index (χ1v) is 8.08. The van der Waals surface area contributed by atoms with Gasteiger partial charge in [0.15, 0.2) is 0 Å². The highest BCUT2D eigenvalue weighted by atomic mass is 16.3. The molecule has 1 nitrogen and oxygen atoms in total. The summed E-state index contributed by atoms with van der Waals surface area (Å²) in [7, 11) is 0. The lowest BCUT2D eigenvalue weighted by Crippen LogP contribution is -2.36. The lowest BCUT2D eigenvalue weighted by Gasteiger charge is -2.35. The standard InChI is InChI=1S/C22H22O.5H2/c1-18(17-19-11-5-2-6-12-19)22(23,20-13-7-3-8-14-20)21-15-9-4-10-16-21;;;;;/h2-16,18,23H,17H2,1H3;5*1H/i;5*1+1D. The summed E-state index contributed by atoms with van der Waals surface area (Å²) < 4.78 is 50.0. The molecular formula is C22H32O. The number of hydrogen-bond donors (Lipinski definition) is 1. The van der Waals surface area contributed by atoms with Crippen LogP contribution < -0.4 is 0 Å². The van der Waals surface area contributed by atoms with Gasteiger partial charge < -0.3 is 5.11 Å². The molecule has 0 amide bonds. The monoisotopic (exact) mass is 322 g/mol. The SMILES string of the molecule is CC(Cc1ccccc1)C(O)(c1ccccc1)c1ccccc1.[2H][2H].[2H][2H].[2H][2H].[2H][2H].[2H][2H]. The Balaban J connectivity index is -0.000000798.